The zero-order valence-electron chi connectivity index (χ0n) is 12.7. The lowest BCUT2D eigenvalue weighted by molar-refractivity contribution is -0.141. The molecule has 2 heterocycles. The molecule has 5 N–H and O–H groups in total. The summed E-state index contributed by atoms with van der Waals surface area (Å²) in [6.07, 6.45) is 1.94. The summed E-state index contributed by atoms with van der Waals surface area (Å²) in [6, 6.07) is -1.97. The van der Waals surface area contributed by atoms with Gasteiger partial charge in [0.05, 0.1) is 12.1 Å². The average molecular weight is 312 g/mol. The molecular formula is C14H24N4O4. The highest BCUT2D eigenvalue weighted by Crippen LogP contribution is 2.21. The second kappa shape index (κ2) is 7.06. The Labute approximate surface area is 129 Å². The van der Waals surface area contributed by atoms with Gasteiger partial charge in [-0.2, -0.15) is 0 Å². The number of carbonyl (C=O) groups is 3. The van der Waals surface area contributed by atoms with Crippen molar-refractivity contribution in [2.45, 2.75) is 56.8 Å². The number of primary amides is 1. The van der Waals surface area contributed by atoms with Crippen molar-refractivity contribution in [3.63, 3.8) is 0 Å². The van der Waals surface area contributed by atoms with Gasteiger partial charge in [0.1, 0.15) is 12.1 Å². The molecule has 0 aliphatic carbocycles. The highest BCUT2D eigenvalue weighted by atomic mass is 16.3. The topological polar surface area (TPSA) is 125 Å². The van der Waals surface area contributed by atoms with Gasteiger partial charge in [0.2, 0.25) is 17.7 Å². The smallest absolute Gasteiger partial charge is 0.243 e. The van der Waals surface area contributed by atoms with E-state index in [1.807, 2.05) is 0 Å². The molecule has 0 saturated carbocycles. The van der Waals surface area contributed by atoms with Crippen molar-refractivity contribution in [1.82, 2.24) is 15.5 Å². The van der Waals surface area contributed by atoms with Crippen LogP contribution in [-0.4, -0.2) is 65.0 Å². The Bertz CT molecular complexity index is 448. The van der Waals surface area contributed by atoms with Crippen molar-refractivity contribution >= 4 is 17.7 Å². The summed E-state index contributed by atoms with van der Waals surface area (Å²) >= 11 is 0. The first kappa shape index (κ1) is 16.7. The third-order valence-electron chi connectivity index (χ3n) is 4.28. The Balaban J connectivity index is 2.01. The summed E-state index contributed by atoms with van der Waals surface area (Å²) in [5.74, 6) is -1.30. The van der Waals surface area contributed by atoms with Gasteiger partial charge < -0.3 is 26.4 Å². The van der Waals surface area contributed by atoms with Gasteiger partial charge in [0.15, 0.2) is 0 Å². The maximum absolute atomic E-state index is 12.5. The summed E-state index contributed by atoms with van der Waals surface area (Å²) in [5.41, 5.74) is 5.17. The summed E-state index contributed by atoms with van der Waals surface area (Å²) in [4.78, 5) is 37.6. The molecule has 0 aromatic rings. The van der Waals surface area contributed by atoms with Crippen LogP contribution in [0.2, 0.25) is 0 Å². The first-order valence-corrected chi connectivity index (χ1v) is 7.73. The van der Waals surface area contributed by atoms with Crippen molar-refractivity contribution in [3.05, 3.63) is 0 Å². The van der Waals surface area contributed by atoms with Gasteiger partial charge in [0.25, 0.3) is 0 Å². The highest BCUT2D eigenvalue weighted by molar-refractivity contribution is 5.93. The number of nitrogens with two attached hydrogens (primary N) is 1. The molecule has 22 heavy (non-hydrogen) atoms. The number of carbonyl (C=O) groups excluding carboxylic acids is 3. The fraction of sp³-hybridized carbons (Fsp3) is 0.786. The predicted molar refractivity (Wildman–Crippen MR) is 78.6 cm³/mol. The van der Waals surface area contributed by atoms with E-state index < -0.39 is 30.0 Å². The third-order valence-corrected chi connectivity index (χ3v) is 4.28. The Kier molecular flexibility index (Phi) is 5.36. The molecule has 0 aromatic heterocycles. The Morgan fingerprint density at radius 1 is 1.32 bits per heavy atom. The Hall–Kier alpha value is -1.67. The molecule has 2 aliphatic heterocycles. The number of hydrogen-bond donors (Lipinski definition) is 4. The Morgan fingerprint density at radius 3 is 2.59 bits per heavy atom. The van der Waals surface area contributed by atoms with E-state index in [9.17, 15) is 19.5 Å². The number of nitrogens with one attached hydrogen (secondary N) is 2. The molecule has 0 unspecified atom stereocenters. The molecular weight excluding hydrogens is 288 g/mol. The molecule has 2 saturated heterocycles. The van der Waals surface area contributed by atoms with E-state index in [-0.39, 0.29) is 11.9 Å². The van der Waals surface area contributed by atoms with Crippen LogP contribution in [0.1, 0.15) is 32.6 Å². The average Bonchev–Trinajstić information content (AvgIpc) is 3.13. The quantitative estimate of drug-likeness (QED) is 0.471. The van der Waals surface area contributed by atoms with E-state index in [1.165, 1.54) is 6.92 Å². The van der Waals surface area contributed by atoms with Crippen molar-refractivity contribution in [3.8, 4) is 0 Å². The van der Waals surface area contributed by atoms with E-state index >= 15 is 0 Å². The minimum atomic E-state index is -1.14. The van der Waals surface area contributed by atoms with Crippen LogP contribution in [0, 0.1) is 0 Å². The van der Waals surface area contributed by atoms with Gasteiger partial charge in [-0.3, -0.25) is 14.4 Å². The number of likely N-dealkylation sites (tertiary alicyclic amines) is 1. The molecule has 3 amide bonds. The van der Waals surface area contributed by atoms with E-state index in [2.05, 4.69) is 10.6 Å². The molecule has 124 valence electrons. The number of nitrogens with zero attached hydrogens (tertiary/aromatic N) is 1. The number of aliphatic hydroxyl groups excluding tert-OH is 1. The minimum Gasteiger partial charge on any atom is -0.391 e. The van der Waals surface area contributed by atoms with Crippen LogP contribution in [0.25, 0.3) is 0 Å². The number of rotatable bonds is 5. The molecule has 8 nitrogen and oxygen atoms in total. The summed E-state index contributed by atoms with van der Waals surface area (Å²) in [7, 11) is 0. The Morgan fingerprint density at radius 2 is 2.05 bits per heavy atom. The molecule has 4 atom stereocenters. The molecule has 2 rings (SSSR count). The standard InChI is InChI=1S/C14H24N4O4/c1-8(19)11(12(15)20)17-13(21)10-5-3-7-18(10)14(22)9-4-2-6-16-9/h8-11,16,19H,2-7H2,1H3,(H2,15,20)(H,17,21)/t8-,9+,10+,11+/m1/s1. The second-order valence-electron chi connectivity index (χ2n) is 5.97. The molecule has 2 fully saturated rings. The number of amides is 3. The molecule has 0 bridgehead atoms. The van der Waals surface area contributed by atoms with Crippen LogP contribution < -0.4 is 16.4 Å². The molecule has 2 aliphatic rings. The number of aliphatic hydroxyl groups is 1. The monoisotopic (exact) mass is 312 g/mol. The van der Waals surface area contributed by atoms with Crippen LogP contribution in [-0.2, 0) is 14.4 Å². The zero-order chi connectivity index (χ0) is 16.3. The van der Waals surface area contributed by atoms with E-state index in [1.54, 1.807) is 4.90 Å². The van der Waals surface area contributed by atoms with Gasteiger partial charge in [-0.25, -0.2) is 0 Å². The minimum absolute atomic E-state index is 0.0668. The van der Waals surface area contributed by atoms with Crippen LogP contribution >= 0.6 is 0 Å². The maximum atomic E-state index is 12.5. The zero-order valence-corrected chi connectivity index (χ0v) is 12.7. The highest BCUT2D eigenvalue weighted by Gasteiger charge is 2.39. The lowest BCUT2D eigenvalue weighted by Gasteiger charge is -2.28. The van der Waals surface area contributed by atoms with E-state index in [0.717, 1.165) is 25.8 Å². The van der Waals surface area contributed by atoms with E-state index in [4.69, 9.17) is 5.73 Å². The van der Waals surface area contributed by atoms with Crippen molar-refractivity contribution < 1.29 is 19.5 Å². The lowest BCUT2D eigenvalue weighted by atomic mass is 10.1. The first-order chi connectivity index (χ1) is 10.4. The van der Waals surface area contributed by atoms with Crippen molar-refractivity contribution in [2.75, 3.05) is 13.1 Å². The summed E-state index contributed by atoms with van der Waals surface area (Å²) < 4.78 is 0. The molecule has 0 spiro atoms. The van der Waals surface area contributed by atoms with Gasteiger partial charge in [-0.1, -0.05) is 0 Å². The fourth-order valence-corrected chi connectivity index (χ4v) is 3.08. The predicted octanol–water partition coefficient (Wildman–Crippen LogP) is -1.92. The van der Waals surface area contributed by atoms with Gasteiger partial charge in [-0.05, 0) is 39.2 Å². The molecule has 0 aromatic carbocycles. The third kappa shape index (κ3) is 3.56. The summed E-state index contributed by atoms with van der Waals surface area (Å²) in [5, 5.41) is 15.1. The normalized spacial score (nSPS) is 27.5. The largest absolute Gasteiger partial charge is 0.391 e. The first-order valence-electron chi connectivity index (χ1n) is 7.73. The molecule has 8 heteroatoms. The van der Waals surface area contributed by atoms with Crippen LogP contribution in [0.3, 0.4) is 0 Å². The lowest BCUT2D eigenvalue weighted by Crippen LogP contribution is -2.57. The number of hydrogen-bond acceptors (Lipinski definition) is 5. The van der Waals surface area contributed by atoms with Crippen molar-refractivity contribution in [2.24, 2.45) is 5.73 Å². The van der Waals surface area contributed by atoms with E-state index in [0.29, 0.717) is 13.0 Å². The van der Waals surface area contributed by atoms with Crippen LogP contribution in [0.5, 0.6) is 0 Å². The SMILES string of the molecule is C[C@@H](O)[C@H](NC(=O)[C@@H]1CCCN1C(=O)[C@@H]1CCCN1)C(N)=O. The fourth-order valence-electron chi connectivity index (χ4n) is 3.08. The second-order valence-corrected chi connectivity index (χ2v) is 5.97. The van der Waals surface area contributed by atoms with Gasteiger partial charge in [-0.15, -0.1) is 0 Å². The summed E-state index contributed by atoms with van der Waals surface area (Å²) in [6.45, 7) is 2.73. The van der Waals surface area contributed by atoms with Crippen LogP contribution in [0.15, 0.2) is 0 Å². The van der Waals surface area contributed by atoms with Gasteiger partial charge in [0, 0.05) is 6.54 Å². The van der Waals surface area contributed by atoms with Crippen molar-refractivity contribution in [1.29, 1.82) is 0 Å². The van der Waals surface area contributed by atoms with Crippen LogP contribution in [0.4, 0.5) is 0 Å². The maximum Gasteiger partial charge on any atom is 0.243 e. The molecule has 0 radical (unpaired) electrons. The van der Waals surface area contributed by atoms with Gasteiger partial charge >= 0.3 is 0 Å².